The van der Waals surface area contributed by atoms with Gasteiger partial charge in [0.15, 0.2) is 0 Å². The van der Waals surface area contributed by atoms with Crippen LogP contribution >= 0.6 is 0 Å². The summed E-state index contributed by atoms with van der Waals surface area (Å²) in [7, 11) is -1.34. The Hall–Kier alpha value is 0.114. The SMILES string of the molecule is CCO[Si](CN(C)CN(C)C[Si](OCC)(OCC)OCC)(OCC)OCC. The molecule has 0 aromatic rings. The Labute approximate surface area is 168 Å². The summed E-state index contributed by atoms with van der Waals surface area (Å²) >= 11 is 0. The van der Waals surface area contributed by atoms with Crippen LogP contribution in [0.25, 0.3) is 0 Å². The monoisotopic (exact) mass is 426 g/mol. The van der Waals surface area contributed by atoms with E-state index < -0.39 is 17.6 Å². The van der Waals surface area contributed by atoms with Crippen molar-refractivity contribution in [2.45, 2.75) is 41.5 Å². The van der Waals surface area contributed by atoms with Crippen molar-refractivity contribution in [2.24, 2.45) is 0 Å². The molecule has 0 heterocycles. The molecular weight excluding hydrogens is 384 g/mol. The van der Waals surface area contributed by atoms with Gasteiger partial charge in [-0.05, 0) is 55.6 Å². The highest BCUT2D eigenvalue weighted by atomic mass is 28.4. The molecule has 0 N–H and O–H groups in total. The molecule has 0 saturated heterocycles. The molecule has 0 aliphatic heterocycles. The largest absolute Gasteiger partial charge is 0.515 e. The van der Waals surface area contributed by atoms with Gasteiger partial charge in [-0.3, -0.25) is 9.80 Å². The third-order valence-corrected chi connectivity index (χ3v) is 9.82. The second-order valence-corrected chi connectivity index (χ2v) is 11.2. The van der Waals surface area contributed by atoms with Crippen molar-refractivity contribution in [3.05, 3.63) is 0 Å². The van der Waals surface area contributed by atoms with Gasteiger partial charge in [0.2, 0.25) is 0 Å². The van der Waals surface area contributed by atoms with Crippen LogP contribution in [0.5, 0.6) is 0 Å². The third-order valence-electron chi connectivity index (χ3n) is 3.60. The Morgan fingerprint density at radius 1 is 0.481 bits per heavy atom. The van der Waals surface area contributed by atoms with Crippen molar-refractivity contribution < 1.29 is 26.6 Å². The first kappa shape index (κ1) is 27.1. The van der Waals surface area contributed by atoms with Gasteiger partial charge in [0.1, 0.15) is 0 Å². The molecule has 0 radical (unpaired) electrons. The van der Waals surface area contributed by atoms with E-state index in [0.717, 1.165) is 0 Å². The lowest BCUT2D eigenvalue weighted by atomic mass is 10.8. The highest BCUT2D eigenvalue weighted by Gasteiger charge is 2.44. The minimum absolute atomic E-state index is 0.574. The van der Waals surface area contributed by atoms with Crippen LogP contribution in [-0.2, 0) is 26.6 Å². The minimum atomic E-state index is -2.71. The fourth-order valence-corrected chi connectivity index (χ4v) is 8.23. The lowest BCUT2D eigenvalue weighted by Crippen LogP contribution is -2.58. The molecule has 8 nitrogen and oxygen atoms in total. The number of hydrogen-bond donors (Lipinski definition) is 0. The Balaban J connectivity index is 4.98. The van der Waals surface area contributed by atoms with Gasteiger partial charge in [0, 0.05) is 39.6 Å². The summed E-state index contributed by atoms with van der Waals surface area (Å²) < 4.78 is 35.7. The fourth-order valence-electron chi connectivity index (χ4n) is 3.02. The number of hydrogen-bond acceptors (Lipinski definition) is 8. The zero-order chi connectivity index (χ0) is 20.8. The Morgan fingerprint density at radius 3 is 0.889 bits per heavy atom. The highest BCUT2D eigenvalue weighted by molar-refractivity contribution is 6.61. The summed E-state index contributed by atoms with van der Waals surface area (Å²) in [6.07, 6.45) is 1.25. The van der Waals surface area contributed by atoms with Crippen LogP contribution in [-0.4, -0.2) is 100 Å². The van der Waals surface area contributed by atoms with E-state index in [0.29, 0.717) is 58.6 Å². The summed E-state index contributed by atoms with van der Waals surface area (Å²) in [6.45, 7) is 16.0. The maximum atomic E-state index is 5.95. The smallest absolute Gasteiger partial charge is 0.373 e. The van der Waals surface area contributed by atoms with Crippen molar-refractivity contribution in [1.82, 2.24) is 9.80 Å². The molecule has 0 saturated carbocycles. The molecule has 0 rings (SSSR count). The number of nitrogens with zero attached hydrogens (tertiary/aromatic N) is 2. The van der Waals surface area contributed by atoms with Crippen LogP contribution in [0, 0.1) is 0 Å². The summed E-state index contributed by atoms with van der Waals surface area (Å²) in [6, 6.07) is 0. The van der Waals surface area contributed by atoms with Crippen molar-refractivity contribution in [2.75, 3.05) is 72.7 Å². The predicted molar refractivity (Wildman–Crippen MR) is 111 cm³/mol. The van der Waals surface area contributed by atoms with E-state index in [1.807, 2.05) is 55.6 Å². The predicted octanol–water partition coefficient (Wildman–Crippen LogP) is 1.98. The first-order chi connectivity index (χ1) is 12.9. The van der Waals surface area contributed by atoms with Crippen molar-refractivity contribution in [3.8, 4) is 0 Å². The molecule has 0 aromatic carbocycles. The molecule has 0 aromatic heterocycles. The van der Waals surface area contributed by atoms with Crippen LogP contribution in [0.2, 0.25) is 0 Å². The van der Waals surface area contributed by atoms with E-state index in [9.17, 15) is 0 Å². The Kier molecular flexibility index (Phi) is 15.1. The molecule has 0 aliphatic rings. The Bertz CT molecular complexity index is 302. The van der Waals surface area contributed by atoms with Crippen molar-refractivity contribution >= 4 is 17.6 Å². The van der Waals surface area contributed by atoms with Gasteiger partial charge in [0.25, 0.3) is 0 Å². The maximum Gasteiger partial charge on any atom is 0.515 e. The Morgan fingerprint density at radius 2 is 0.704 bits per heavy atom. The first-order valence-electron chi connectivity index (χ1n) is 10.1. The van der Waals surface area contributed by atoms with Crippen LogP contribution in [0.3, 0.4) is 0 Å². The van der Waals surface area contributed by atoms with E-state index in [1.54, 1.807) is 0 Å². The summed E-state index contributed by atoms with van der Waals surface area (Å²) in [4.78, 5) is 4.33. The maximum absolute atomic E-state index is 5.95. The van der Waals surface area contributed by atoms with Gasteiger partial charge < -0.3 is 26.6 Å². The van der Waals surface area contributed by atoms with Gasteiger partial charge in [0.05, 0.1) is 19.0 Å². The van der Waals surface area contributed by atoms with E-state index >= 15 is 0 Å². The zero-order valence-corrected chi connectivity index (χ0v) is 20.7. The van der Waals surface area contributed by atoms with Gasteiger partial charge >= 0.3 is 17.6 Å². The normalized spacial score (nSPS) is 13.1. The van der Waals surface area contributed by atoms with E-state index in [-0.39, 0.29) is 0 Å². The molecule has 0 fully saturated rings. The molecule has 0 aliphatic carbocycles. The van der Waals surface area contributed by atoms with Gasteiger partial charge in [-0.1, -0.05) is 0 Å². The van der Waals surface area contributed by atoms with Crippen LogP contribution < -0.4 is 0 Å². The summed E-state index contributed by atoms with van der Waals surface area (Å²) in [5, 5.41) is 0. The van der Waals surface area contributed by atoms with Gasteiger partial charge in [-0.2, -0.15) is 0 Å². The first-order valence-corrected chi connectivity index (χ1v) is 13.9. The third kappa shape index (κ3) is 10.5. The van der Waals surface area contributed by atoms with Gasteiger partial charge in [-0.25, -0.2) is 0 Å². The molecule has 0 atom stereocenters. The number of rotatable bonds is 18. The minimum Gasteiger partial charge on any atom is -0.373 e. The lowest BCUT2D eigenvalue weighted by Gasteiger charge is -2.36. The molecule has 164 valence electrons. The van der Waals surface area contributed by atoms with Crippen LogP contribution in [0.4, 0.5) is 0 Å². The van der Waals surface area contributed by atoms with Crippen molar-refractivity contribution in [3.63, 3.8) is 0 Å². The average molecular weight is 427 g/mol. The van der Waals surface area contributed by atoms with E-state index in [2.05, 4.69) is 9.80 Å². The molecule has 0 bridgehead atoms. The van der Waals surface area contributed by atoms with E-state index in [4.69, 9.17) is 26.6 Å². The van der Waals surface area contributed by atoms with Crippen LogP contribution in [0.1, 0.15) is 41.5 Å². The zero-order valence-electron chi connectivity index (χ0n) is 18.7. The molecule has 0 spiro atoms. The second kappa shape index (κ2) is 15.0. The van der Waals surface area contributed by atoms with Crippen LogP contribution in [0.15, 0.2) is 0 Å². The summed E-state index contributed by atoms with van der Waals surface area (Å²) in [5.41, 5.74) is 0. The molecule has 0 unspecified atom stereocenters. The quantitative estimate of drug-likeness (QED) is 0.244. The fraction of sp³-hybridized carbons (Fsp3) is 1.00. The molecular formula is C17H42N2O6Si2. The molecule has 10 heteroatoms. The lowest BCUT2D eigenvalue weighted by molar-refractivity contribution is 0.0439. The topological polar surface area (TPSA) is 61.9 Å². The highest BCUT2D eigenvalue weighted by Crippen LogP contribution is 2.14. The summed E-state index contributed by atoms with van der Waals surface area (Å²) in [5.74, 6) is 0. The molecule has 27 heavy (non-hydrogen) atoms. The second-order valence-electron chi connectivity index (χ2n) is 6.13. The molecule has 0 amide bonds. The average Bonchev–Trinajstić information content (AvgIpc) is 2.55. The van der Waals surface area contributed by atoms with Crippen molar-refractivity contribution in [1.29, 1.82) is 0 Å². The van der Waals surface area contributed by atoms with E-state index in [1.165, 1.54) is 0 Å². The van der Waals surface area contributed by atoms with Gasteiger partial charge in [-0.15, -0.1) is 0 Å². The standard InChI is InChI=1S/C17H42N2O6Si2/c1-9-20-26(21-10-2,22-11-3)16-18(7)15-19(8)17-27(23-12-4,24-13-5)25-14-6/h9-17H2,1-8H3.